The molecule has 2 atom stereocenters. The van der Waals surface area contributed by atoms with Crippen molar-refractivity contribution in [3.63, 3.8) is 0 Å². The fraction of sp³-hybridized carbons (Fsp3) is 0.692. The maximum absolute atomic E-state index is 9.88. The Labute approximate surface area is 97.9 Å². The molecule has 3 nitrogen and oxygen atoms in total. The van der Waals surface area contributed by atoms with Gasteiger partial charge in [-0.15, -0.1) is 0 Å². The molecule has 0 saturated carbocycles. The summed E-state index contributed by atoms with van der Waals surface area (Å²) in [4.78, 5) is 0. The van der Waals surface area contributed by atoms with Crippen molar-refractivity contribution >= 4 is 0 Å². The molecule has 0 aromatic carbocycles. The molecule has 0 amide bonds. The van der Waals surface area contributed by atoms with Crippen LogP contribution < -0.4 is 5.32 Å². The summed E-state index contributed by atoms with van der Waals surface area (Å²) >= 11 is 0. The van der Waals surface area contributed by atoms with Crippen LogP contribution in [0.15, 0.2) is 22.8 Å². The molecule has 0 radical (unpaired) electrons. The second-order valence-electron chi connectivity index (χ2n) is 5.61. The summed E-state index contributed by atoms with van der Waals surface area (Å²) in [5, 5.41) is 13.3. The van der Waals surface area contributed by atoms with E-state index < -0.39 is 6.10 Å². The molecule has 0 aliphatic heterocycles. The van der Waals surface area contributed by atoms with E-state index in [1.165, 1.54) is 0 Å². The minimum atomic E-state index is -0.516. The van der Waals surface area contributed by atoms with Gasteiger partial charge in [-0.1, -0.05) is 20.8 Å². The van der Waals surface area contributed by atoms with E-state index in [2.05, 4.69) is 33.0 Å². The van der Waals surface area contributed by atoms with Crippen molar-refractivity contribution in [2.75, 3.05) is 6.54 Å². The molecule has 2 N–H and O–H groups in total. The Bertz CT molecular complexity index is 287. The predicted molar refractivity (Wildman–Crippen MR) is 65.2 cm³/mol. The second kappa shape index (κ2) is 5.51. The first-order valence-corrected chi connectivity index (χ1v) is 5.83. The fourth-order valence-electron chi connectivity index (χ4n) is 1.50. The fourth-order valence-corrected chi connectivity index (χ4v) is 1.50. The van der Waals surface area contributed by atoms with E-state index in [0.29, 0.717) is 12.2 Å². The average Bonchev–Trinajstić information content (AvgIpc) is 2.66. The van der Waals surface area contributed by atoms with Gasteiger partial charge in [0.05, 0.1) is 6.26 Å². The van der Waals surface area contributed by atoms with Gasteiger partial charge in [0.2, 0.25) is 0 Å². The van der Waals surface area contributed by atoms with Crippen LogP contribution in [-0.2, 0) is 0 Å². The molecule has 1 heterocycles. The lowest BCUT2D eigenvalue weighted by Crippen LogP contribution is -2.34. The van der Waals surface area contributed by atoms with E-state index in [1.807, 2.05) is 0 Å². The Morgan fingerprint density at radius 1 is 1.44 bits per heavy atom. The molecule has 0 aliphatic carbocycles. The first-order valence-electron chi connectivity index (χ1n) is 5.83. The van der Waals surface area contributed by atoms with Crippen molar-refractivity contribution in [2.24, 2.45) is 5.41 Å². The van der Waals surface area contributed by atoms with Gasteiger partial charge in [0.1, 0.15) is 11.9 Å². The van der Waals surface area contributed by atoms with Crippen LogP contribution >= 0.6 is 0 Å². The molecule has 0 saturated heterocycles. The van der Waals surface area contributed by atoms with Gasteiger partial charge in [0.15, 0.2) is 0 Å². The minimum Gasteiger partial charge on any atom is -0.467 e. The van der Waals surface area contributed by atoms with Gasteiger partial charge in [0.25, 0.3) is 0 Å². The number of nitrogens with one attached hydrogen (secondary N) is 1. The van der Waals surface area contributed by atoms with Gasteiger partial charge in [-0.2, -0.15) is 0 Å². The second-order valence-corrected chi connectivity index (χ2v) is 5.61. The molecule has 92 valence electrons. The Hall–Kier alpha value is -0.800. The first-order chi connectivity index (χ1) is 7.38. The largest absolute Gasteiger partial charge is 0.467 e. The maximum Gasteiger partial charge on any atom is 0.132 e. The first kappa shape index (κ1) is 13.3. The van der Waals surface area contributed by atoms with E-state index in [9.17, 15) is 5.11 Å². The summed E-state index contributed by atoms with van der Waals surface area (Å²) < 4.78 is 5.16. The number of rotatable bonds is 5. The zero-order valence-corrected chi connectivity index (χ0v) is 10.7. The van der Waals surface area contributed by atoms with Crippen molar-refractivity contribution in [1.29, 1.82) is 0 Å². The average molecular weight is 225 g/mol. The van der Waals surface area contributed by atoms with Crippen LogP contribution in [-0.4, -0.2) is 17.7 Å². The molecular formula is C13H23NO2. The molecular weight excluding hydrogens is 202 g/mol. The standard InChI is InChI=1S/C13H23NO2/c1-10(14-9-13(2,3)4)8-11(15)12-6-5-7-16-12/h5-7,10-11,14-15H,8-9H2,1-4H3. The lowest BCUT2D eigenvalue weighted by Gasteiger charge is -2.23. The van der Waals surface area contributed by atoms with Crippen LogP contribution in [0.2, 0.25) is 0 Å². The highest BCUT2D eigenvalue weighted by Gasteiger charge is 2.16. The molecule has 0 aliphatic rings. The summed E-state index contributed by atoms with van der Waals surface area (Å²) in [6.45, 7) is 9.60. The Morgan fingerprint density at radius 3 is 2.62 bits per heavy atom. The highest BCUT2D eigenvalue weighted by Crippen LogP contribution is 2.19. The Balaban J connectivity index is 2.32. The van der Waals surface area contributed by atoms with Crippen molar-refractivity contribution in [2.45, 2.75) is 46.3 Å². The van der Waals surface area contributed by atoms with Crippen LogP contribution in [0.1, 0.15) is 46.0 Å². The molecule has 3 heteroatoms. The topological polar surface area (TPSA) is 45.4 Å². The van der Waals surface area contributed by atoms with Crippen molar-refractivity contribution in [3.05, 3.63) is 24.2 Å². The predicted octanol–water partition coefficient (Wildman–Crippen LogP) is 2.73. The van der Waals surface area contributed by atoms with E-state index in [1.54, 1.807) is 18.4 Å². The zero-order chi connectivity index (χ0) is 12.2. The van der Waals surface area contributed by atoms with Crippen molar-refractivity contribution < 1.29 is 9.52 Å². The smallest absolute Gasteiger partial charge is 0.132 e. The Kier molecular flexibility index (Phi) is 4.56. The summed E-state index contributed by atoms with van der Waals surface area (Å²) in [6, 6.07) is 3.88. The summed E-state index contributed by atoms with van der Waals surface area (Å²) in [7, 11) is 0. The minimum absolute atomic E-state index is 0.268. The van der Waals surface area contributed by atoms with Crippen LogP contribution in [0.25, 0.3) is 0 Å². The van der Waals surface area contributed by atoms with Crippen LogP contribution in [0.5, 0.6) is 0 Å². The third kappa shape index (κ3) is 4.81. The summed E-state index contributed by atoms with van der Waals surface area (Å²) in [6.07, 6.45) is 1.74. The van der Waals surface area contributed by atoms with Gasteiger partial charge in [-0.05, 0) is 30.9 Å². The van der Waals surface area contributed by atoms with E-state index in [0.717, 1.165) is 6.54 Å². The van der Waals surface area contributed by atoms with Crippen LogP contribution in [0.4, 0.5) is 0 Å². The third-order valence-corrected chi connectivity index (χ3v) is 2.43. The number of aliphatic hydroxyl groups is 1. The van der Waals surface area contributed by atoms with E-state index >= 15 is 0 Å². The van der Waals surface area contributed by atoms with Gasteiger partial charge in [-0.25, -0.2) is 0 Å². The molecule has 2 unspecified atom stereocenters. The van der Waals surface area contributed by atoms with Crippen LogP contribution in [0, 0.1) is 5.41 Å². The van der Waals surface area contributed by atoms with Crippen molar-refractivity contribution in [1.82, 2.24) is 5.32 Å². The highest BCUT2D eigenvalue weighted by molar-refractivity contribution is 5.02. The Morgan fingerprint density at radius 2 is 2.12 bits per heavy atom. The highest BCUT2D eigenvalue weighted by atomic mass is 16.4. The lowest BCUT2D eigenvalue weighted by molar-refractivity contribution is 0.127. The summed E-state index contributed by atoms with van der Waals surface area (Å²) in [5.74, 6) is 0.643. The van der Waals surface area contributed by atoms with Gasteiger partial charge in [0, 0.05) is 12.6 Å². The zero-order valence-electron chi connectivity index (χ0n) is 10.7. The lowest BCUT2D eigenvalue weighted by atomic mass is 9.96. The number of aliphatic hydroxyl groups excluding tert-OH is 1. The molecule has 1 aromatic heterocycles. The summed E-state index contributed by atoms with van der Waals surface area (Å²) in [5.41, 5.74) is 0.268. The molecule has 16 heavy (non-hydrogen) atoms. The van der Waals surface area contributed by atoms with E-state index in [-0.39, 0.29) is 11.5 Å². The maximum atomic E-state index is 9.88. The van der Waals surface area contributed by atoms with Gasteiger partial charge < -0.3 is 14.8 Å². The molecule has 0 spiro atoms. The monoisotopic (exact) mass is 225 g/mol. The molecule has 1 rings (SSSR count). The van der Waals surface area contributed by atoms with Crippen molar-refractivity contribution in [3.8, 4) is 0 Å². The quantitative estimate of drug-likeness (QED) is 0.810. The molecule has 0 fully saturated rings. The van der Waals surface area contributed by atoms with Gasteiger partial charge in [-0.3, -0.25) is 0 Å². The normalized spacial score (nSPS) is 16.1. The SMILES string of the molecule is CC(CC(O)c1ccco1)NCC(C)(C)C. The van der Waals surface area contributed by atoms with Crippen LogP contribution in [0.3, 0.4) is 0 Å². The molecule has 1 aromatic rings. The number of hydrogen-bond acceptors (Lipinski definition) is 3. The van der Waals surface area contributed by atoms with E-state index in [4.69, 9.17) is 4.42 Å². The molecule has 0 bridgehead atoms. The number of furan rings is 1. The number of hydrogen-bond donors (Lipinski definition) is 2. The third-order valence-electron chi connectivity index (χ3n) is 2.43. The van der Waals surface area contributed by atoms with Gasteiger partial charge >= 0.3 is 0 Å².